The maximum absolute atomic E-state index is 14.4. The molecule has 0 radical (unpaired) electrons. The molecule has 2 aromatic carbocycles. The third-order valence-electron chi connectivity index (χ3n) is 4.44. The Morgan fingerprint density at radius 1 is 1.28 bits per heavy atom. The third kappa shape index (κ3) is 4.10. The number of carbonyl (C=O) groups is 1. The molecule has 4 aromatic rings. The molecule has 8 heteroatoms. The Balaban J connectivity index is 1.63. The van der Waals surface area contributed by atoms with Gasteiger partial charge in [-0.2, -0.15) is 5.10 Å². The molecular formula is C21H17BrFN3O2S. The van der Waals surface area contributed by atoms with Crippen LogP contribution in [0.15, 0.2) is 59.2 Å². The Bertz CT molecular complexity index is 1190. The second-order valence-electron chi connectivity index (χ2n) is 6.41. The molecule has 2 aromatic heterocycles. The van der Waals surface area contributed by atoms with Gasteiger partial charge >= 0.3 is 0 Å². The molecule has 0 bridgehead atoms. The molecule has 4 rings (SSSR count). The van der Waals surface area contributed by atoms with Gasteiger partial charge < -0.3 is 10.1 Å². The number of carbonyl (C=O) groups excluding carboxylic acids is 1. The number of thiophene rings is 1. The lowest BCUT2D eigenvalue weighted by molar-refractivity contribution is 0.102. The van der Waals surface area contributed by atoms with Gasteiger partial charge in [0.15, 0.2) is 0 Å². The van der Waals surface area contributed by atoms with Crippen molar-refractivity contribution in [3.05, 3.63) is 81.0 Å². The Morgan fingerprint density at radius 3 is 2.90 bits per heavy atom. The van der Waals surface area contributed by atoms with Crippen LogP contribution in [0.1, 0.15) is 20.8 Å². The summed E-state index contributed by atoms with van der Waals surface area (Å²) in [4.78, 5) is 13.5. The predicted octanol–water partition coefficient (Wildman–Crippen LogP) is 5.45. The average Bonchev–Trinajstić information content (AvgIpc) is 3.27. The lowest BCUT2D eigenvalue weighted by atomic mass is 10.1. The molecular weight excluding hydrogens is 457 g/mol. The molecule has 148 valence electrons. The van der Waals surface area contributed by atoms with Crippen molar-refractivity contribution in [1.82, 2.24) is 9.78 Å². The average molecular weight is 474 g/mol. The minimum absolute atomic E-state index is 0.154. The van der Waals surface area contributed by atoms with Crippen LogP contribution in [0.4, 0.5) is 10.2 Å². The highest BCUT2D eigenvalue weighted by Gasteiger charge is 2.21. The molecule has 0 spiro atoms. The van der Waals surface area contributed by atoms with Gasteiger partial charge in [-0.1, -0.05) is 34.1 Å². The highest BCUT2D eigenvalue weighted by molar-refractivity contribution is 9.10. The molecule has 29 heavy (non-hydrogen) atoms. The Hall–Kier alpha value is -2.55. The zero-order valence-electron chi connectivity index (χ0n) is 15.5. The molecule has 0 saturated heterocycles. The van der Waals surface area contributed by atoms with E-state index in [1.54, 1.807) is 29.1 Å². The quantitative estimate of drug-likeness (QED) is 0.405. The van der Waals surface area contributed by atoms with Crippen molar-refractivity contribution in [3.8, 4) is 0 Å². The number of fused-ring (bicyclic) bond motifs is 1. The molecule has 2 heterocycles. The summed E-state index contributed by atoms with van der Waals surface area (Å²) in [6.07, 6.45) is 1.63. The van der Waals surface area contributed by atoms with Gasteiger partial charge in [0.1, 0.15) is 11.6 Å². The molecule has 0 atom stereocenters. The van der Waals surface area contributed by atoms with Gasteiger partial charge in [0, 0.05) is 33.3 Å². The maximum atomic E-state index is 14.4. The molecule has 0 aliphatic carbocycles. The van der Waals surface area contributed by atoms with Crippen molar-refractivity contribution in [2.45, 2.75) is 13.2 Å². The topological polar surface area (TPSA) is 56.1 Å². The largest absolute Gasteiger partial charge is 0.380 e. The monoisotopic (exact) mass is 473 g/mol. The number of nitrogens with zero attached hydrogens (tertiary/aromatic N) is 2. The minimum atomic E-state index is -0.357. The van der Waals surface area contributed by atoms with Crippen LogP contribution in [0.3, 0.4) is 0 Å². The standard InChI is InChI=1S/C21H17BrFN3O2S/c1-28-12-15-19-16(23)6-3-7-17(19)29-20(15)21(27)25-18-8-9-24-26(18)11-13-4-2-5-14(22)10-13/h2-10H,11-12H2,1H3,(H,25,27). The fraction of sp³-hybridized carbons (Fsp3) is 0.143. The molecule has 0 aliphatic heterocycles. The van der Waals surface area contributed by atoms with E-state index in [-0.39, 0.29) is 18.3 Å². The molecule has 0 unspecified atom stereocenters. The first-order valence-electron chi connectivity index (χ1n) is 8.83. The first-order chi connectivity index (χ1) is 14.1. The summed E-state index contributed by atoms with van der Waals surface area (Å²) in [5, 5.41) is 7.65. The van der Waals surface area contributed by atoms with Crippen molar-refractivity contribution < 1.29 is 13.9 Å². The van der Waals surface area contributed by atoms with Crippen LogP contribution < -0.4 is 5.32 Å². The number of aromatic nitrogens is 2. The van der Waals surface area contributed by atoms with Crippen LogP contribution in [0.2, 0.25) is 0 Å². The van der Waals surface area contributed by atoms with Crippen LogP contribution in [0.25, 0.3) is 10.1 Å². The number of hydrogen-bond donors (Lipinski definition) is 1. The van der Waals surface area contributed by atoms with Crippen molar-refractivity contribution in [2.24, 2.45) is 0 Å². The zero-order chi connectivity index (χ0) is 20.4. The van der Waals surface area contributed by atoms with Gasteiger partial charge in [-0.15, -0.1) is 11.3 Å². The number of ether oxygens (including phenoxy) is 1. The van der Waals surface area contributed by atoms with E-state index in [4.69, 9.17) is 4.74 Å². The second-order valence-corrected chi connectivity index (χ2v) is 8.38. The van der Waals surface area contributed by atoms with Crippen molar-refractivity contribution >= 4 is 49.1 Å². The smallest absolute Gasteiger partial charge is 0.267 e. The van der Waals surface area contributed by atoms with E-state index in [0.717, 1.165) is 10.0 Å². The van der Waals surface area contributed by atoms with Crippen molar-refractivity contribution in [1.29, 1.82) is 0 Å². The van der Waals surface area contributed by atoms with Gasteiger partial charge in [0.25, 0.3) is 5.91 Å². The molecule has 1 N–H and O–H groups in total. The van der Waals surface area contributed by atoms with Gasteiger partial charge in [-0.25, -0.2) is 9.07 Å². The molecule has 5 nitrogen and oxygen atoms in total. The number of halogens is 2. The normalized spacial score (nSPS) is 11.1. The van der Waals surface area contributed by atoms with E-state index < -0.39 is 0 Å². The SMILES string of the molecule is COCc1c(C(=O)Nc2ccnn2Cc2cccc(Br)c2)sc2cccc(F)c12. The number of benzene rings is 2. The summed E-state index contributed by atoms with van der Waals surface area (Å²) < 4.78 is 23.0. The first kappa shape index (κ1) is 19.8. The van der Waals surface area contributed by atoms with E-state index in [2.05, 4.69) is 26.3 Å². The predicted molar refractivity (Wildman–Crippen MR) is 116 cm³/mol. The summed E-state index contributed by atoms with van der Waals surface area (Å²) in [5.74, 6) is -0.102. The second kappa shape index (κ2) is 8.44. The fourth-order valence-corrected chi connectivity index (χ4v) is 4.74. The van der Waals surface area contributed by atoms with E-state index >= 15 is 0 Å². The minimum Gasteiger partial charge on any atom is -0.380 e. The Kier molecular flexibility index (Phi) is 5.75. The summed E-state index contributed by atoms with van der Waals surface area (Å²) in [6, 6.07) is 14.5. The van der Waals surface area contributed by atoms with Crippen LogP contribution in [-0.2, 0) is 17.9 Å². The van der Waals surface area contributed by atoms with Gasteiger partial charge in [-0.3, -0.25) is 4.79 Å². The lowest BCUT2D eigenvalue weighted by Gasteiger charge is -2.10. The van der Waals surface area contributed by atoms with Crippen LogP contribution >= 0.6 is 27.3 Å². The van der Waals surface area contributed by atoms with E-state index in [1.165, 1.54) is 24.5 Å². The van der Waals surface area contributed by atoms with Crippen LogP contribution in [0.5, 0.6) is 0 Å². The molecule has 0 aliphatic rings. The number of hydrogen-bond acceptors (Lipinski definition) is 4. The van der Waals surface area contributed by atoms with Crippen LogP contribution in [0, 0.1) is 5.82 Å². The Labute approximate surface area is 179 Å². The number of amides is 1. The Morgan fingerprint density at radius 2 is 2.10 bits per heavy atom. The number of methoxy groups -OCH3 is 1. The van der Waals surface area contributed by atoms with E-state index in [0.29, 0.717) is 32.9 Å². The third-order valence-corrected chi connectivity index (χ3v) is 6.13. The van der Waals surface area contributed by atoms with Crippen molar-refractivity contribution in [2.75, 3.05) is 12.4 Å². The fourth-order valence-electron chi connectivity index (χ4n) is 3.18. The molecule has 0 fully saturated rings. The van der Waals surface area contributed by atoms with Crippen LogP contribution in [-0.4, -0.2) is 22.8 Å². The highest BCUT2D eigenvalue weighted by Crippen LogP contribution is 2.34. The maximum Gasteiger partial charge on any atom is 0.267 e. The number of rotatable bonds is 6. The van der Waals surface area contributed by atoms with Gasteiger partial charge in [-0.05, 0) is 29.8 Å². The number of anilines is 1. The first-order valence-corrected chi connectivity index (χ1v) is 10.4. The molecule has 1 amide bonds. The van der Waals surface area contributed by atoms with Gasteiger partial charge in [0.2, 0.25) is 0 Å². The highest BCUT2D eigenvalue weighted by atomic mass is 79.9. The summed E-state index contributed by atoms with van der Waals surface area (Å²) in [7, 11) is 1.53. The lowest BCUT2D eigenvalue weighted by Crippen LogP contribution is -2.16. The van der Waals surface area contributed by atoms with E-state index in [1.807, 2.05) is 24.3 Å². The van der Waals surface area contributed by atoms with Crippen molar-refractivity contribution in [3.63, 3.8) is 0 Å². The zero-order valence-corrected chi connectivity index (χ0v) is 17.9. The summed E-state index contributed by atoms with van der Waals surface area (Å²) in [6.45, 7) is 0.662. The number of nitrogens with one attached hydrogen (secondary N) is 1. The molecule has 0 saturated carbocycles. The van der Waals surface area contributed by atoms with Gasteiger partial charge in [0.05, 0.1) is 24.2 Å². The van der Waals surface area contributed by atoms with E-state index in [9.17, 15) is 9.18 Å². The summed E-state index contributed by atoms with van der Waals surface area (Å²) >= 11 is 4.71. The summed E-state index contributed by atoms with van der Waals surface area (Å²) in [5.41, 5.74) is 1.60.